The van der Waals surface area contributed by atoms with Crippen LogP contribution in [0, 0.1) is 10.1 Å². The normalized spacial score (nSPS) is 12.2. The lowest BCUT2D eigenvalue weighted by molar-refractivity contribution is -0.383. The standard InChI is InChI=1S/C11H15ClN2O3/c1-2-8(6-7-15)13-10-5-3-4-9(12)11(10)14(16)17/h3-5,8,13,15H,2,6-7H2,1H3. The molecule has 0 aromatic heterocycles. The van der Waals surface area contributed by atoms with Crippen molar-refractivity contribution in [3.63, 3.8) is 0 Å². The third kappa shape index (κ3) is 3.57. The number of hydrogen-bond donors (Lipinski definition) is 2. The summed E-state index contributed by atoms with van der Waals surface area (Å²) < 4.78 is 0. The second kappa shape index (κ2) is 6.42. The van der Waals surface area contributed by atoms with Crippen molar-refractivity contribution in [3.8, 4) is 0 Å². The number of aliphatic hydroxyl groups is 1. The third-order valence-electron chi connectivity index (χ3n) is 2.50. The molecule has 17 heavy (non-hydrogen) atoms. The lowest BCUT2D eigenvalue weighted by Gasteiger charge is -2.17. The van der Waals surface area contributed by atoms with Crippen molar-refractivity contribution in [1.29, 1.82) is 0 Å². The molecule has 0 radical (unpaired) electrons. The SMILES string of the molecule is CCC(CCO)Nc1cccc(Cl)c1[N+](=O)[O-]. The highest BCUT2D eigenvalue weighted by Gasteiger charge is 2.19. The van der Waals surface area contributed by atoms with Gasteiger partial charge in [0.05, 0.1) is 4.92 Å². The molecule has 5 nitrogen and oxygen atoms in total. The van der Waals surface area contributed by atoms with E-state index < -0.39 is 4.92 Å². The van der Waals surface area contributed by atoms with E-state index in [2.05, 4.69) is 5.32 Å². The fraction of sp³-hybridized carbons (Fsp3) is 0.455. The molecule has 0 spiro atoms. The zero-order chi connectivity index (χ0) is 12.8. The van der Waals surface area contributed by atoms with Crippen molar-refractivity contribution in [3.05, 3.63) is 33.3 Å². The monoisotopic (exact) mass is 258 g/mol. The van der Waals surface area contributed by atoms with Crippen LogP contribution in [0.15, 0.2) is 18.2 Å². The molecule has 0 amide bonds. The average Bonchev–Trinajstić information content (AvgIpc) is 2.28. The molecular weight excluding hydrogens is 244 g/mol. The minimum Gasteiger partial charge on any atom is -0.396 e. The van der Waals surface area contributed by atoms with E-state index in [0.29, 0.717) is 12.1 Å². The molecule has 0 heterocycles. The highest BCUT2D eigenvalue weighted by molar-refractivity contribution is 6.33. The van der Waals surface area contributed by atoms with Gasteiger partial charge in [-0.2, -0.15) is 0 Å². The average molecular weight is 259 g/mol. The summed E-state index contributed by atoms with van der Waals surface area (Å²) in [6, 6.07) is 4.75. The summed E-state index contributed by atoms with van der Waals surface area (Å²) in [6.45, 7) is 1.99. The van der Waals surface area contributed by atoms with Crippen molar-refractivity contribution in [2.75, 3.05) is 11.9 Å². The fourth-order valence-electron chi connectivity index (χ4n) is 1.57. The molecule has 2 N–H and O–H groups in total. The number of nitrogens with one attached hydrogen (secondary N) is 1. The number of nitro groups is 1. The van der Waals surface area contributed by atoms with Crippen LogP contribution in [-0.4, -0.2) is 22.7 Å². The summed E-state index contributed by atoms with van der Waals surface area (Å²) in [4.78, 5) is 10.4. The molecule has 0 fully saturated rings. The van der Waals surface area contributed by atoms with Gasteiger partial charge in [-0.1, -0.05) is 24.6 Å². The highest BCUT2D eigenvalue weighted by Crippen LogP contribution is 2.33. The first-order valence-corrected chi connectivity index (χ1v) is 5.78. The molecule has 0 aliphatic heterocycles. The number of para-hydroxylation sites is 1. The molecule has 1 atom stereocenters. The van der Waals surface area contributed by atoms with Gasteiger partial charge in [0, 0.05) is 12.6 Å². The van der Waals surface area contributed by atoms with Crippen molar-refractivity contribution in [2.24, 2.45) is 0 Å². The number of benzene rings is 1. The van der Waals surface area contributed by atoms with Gasteiger partial charge in [-0.3, -0.25) is 10.1 Å². The predicted octanol–water partition coefficient (Wildman–Crippen LogP) is 2.82. The van der Waals surface area contributed by atoms with E-state index in [1.54, 1.807) is 12.1 Å². The Morgan fingerprint density at radius 2 is 2.29 bits per heavy atom. The Labute approximate surface area is 105 Å². The lowest BCUT2D eigenvalue weighted by Crippen LogP contribution is -2.20. The highest BCUT2D eigenvalue weighted by atomic mass is 35.5. The van der Waals surface area contributed by atoms with E-state index in [-0.39, 0.29) is 23.4 Å². The number of hydrogen-bond acceptors (Lipinski definition) is 4. The Hall–Kier alpha value is -1.33. The van der Waals surface area contributed by atoms with Crippen molar-refractivity contribution in [1.82, 2.24) is 0 Å². The van der Waals surface area contributed by atoms with Crippen molar-refractivity contribution in [2.45, 2.75) is 25.8 Å². The third-order valence-corrected chi connectivity index (χ3v) is 2.80. The lowest BCUT2D eigenvalue weighted by atomic mass is 10.1. The topological polar surface area (TPSA) is 75.4 Å². The summed E-state index contributed by atoms with van der Waals surface area (Å²) in [6.07, 6.45) is 1.31. The maximum atomic E-state index is 10.9. The van der Waals surface area contributed by atoms with Crippen LogP contribution in [-0.2, 0) is 0 Å². The molecule has 1 aromatic rings. The van der Waals surface area contributed by atoms with Gasteiger partial charge in [-0.25, -0.2) is 0 Å². The molecule has 0 aliphatic carbocycles. The minimum atomic E-state index is -0.504. The van der Waals surface area contributed by atoms with Crippen LogP contribution >= 0.6 is 11.6 Å². The first-order valence-electron chi connectivity index (χ1n) is 5.40. The second-order valence-electron chi connectivity index (χ2n) is 3.65. The quantitative estimate of drug-likeness (QED) is 0.608. The van der Waals surface area contributed by atoms with Crippen LogP contribution in [0.4, 0.5) is 11.4 Å². The Kier molecular flexibility index (Phi) is 5.18. The van der Waals surface area contributed by atoms with Gasteiger partial charge in [0.25, 0.3) is 0 Å². The smallest absolute Gasteiger partial charge is 0.310 e. The van der Waals surface area contributed by atoms with E-state index in [4.69, 9.17) is 16.7 Å². The zero-order valence-electron chi connectivity index (χ0n) is 9.52. The largest absolute Gasteiger partial charge is 0.396 e. The number of aliphatic hydroxyl groups excluding tert-OH is 1. The number of halogens is 1. The van der Waals surface area contributed by atoms with Crippen LogP contribution < -0.4 is 5.32 Å². The predicted molar refractivity (Wildman–Crippen MR) is 67.5 cm³/mol. The Morgan fingerprint density at radius 1 is 1.59 bits per heavy atom. The van der Waals surface area contributed by atoms with E-state index in [0.717, 1.165) is 6.42 Å². The van der Waals surface area contributed by atoms with Gasteiger partial charge in [-0.15, -0.1) is 0 Å². The summed E-state index contributed by atoms with van der Waals surface area (Å²) in [5.74, 6) is 0. The van der Waals surface area contributed by atoms with Crippen LogP contribution in [0.2, 0.25) is 5.02 Å². The Balaban J connectivity index is 2.97. The fourth-order valence-corrected chi connectivity index (χ4v) is 1.82. The number of anilines is 1. The molecule has 0 saturated carbocycles. The summed E-state index contributed by atoms with van der Waals surface area (Å²) in [5, 5.41) is 22.9. The Bertz CT molecular complexity index is 398. The van der Waals surface area contributed by atoms with Gasteiger partial charge < -0.3 is 10.4 Å². The molecule has 6 heteroatoms. The number of nitro benzene ring substituents is 1. The molecule has 1 rings (SSSR count). The van der Waals surface area contributed by atoms with Crippen LogP contribution in [0.1, 0.15) is 19.8 Å². The van der Waals surface area contributed by atoms with Gasteiger partial charge in [-0.05, 0) is 25.0 Å². The summed E-state index contributed by atoms with van der Waals surface area (Å²) in [7, 11) is 0. The molecular formula is C11H15ClN2O3. The van der Waals surface area contributed by atoms with Crippen LogP contribution in [0.25, 0.3) is 0 Å². The van der Waals surface area contributed by atoms with E-state index in [1.165, 1.54) is 6.07 Å². The van der Waals surface area contributed by atoms with Crippen LogP contribution in [0.3, 0.4) is 0 Å². The van der Waals surface area contributed by atoms with Crippen molar-refractivity contribution >= 4 is 23.0 Å². The van der Waals surface area contributed by atoms with Crippen LogP contribution in [0.5, 0.6) is 0 Å². The first kappa shape index (κ1) is 13.7. The molecule has 94 valence electrons. The Morgan fingerprint density at radius 3 is 2.82 bits per heavy atom. The van der Waals surface area contributed by atoms with Gasteiger partial charge in [0.1, 0.15) is 10.7 Å². The first-order chi connectivity index (χ1) is 8.10. The maximum Gasteiger partial charge on any atom is 0.310 e. The van der Waals surface area contributed by atoms with Crippen molar-refractivity contribution < 1.29 is 10.0 Å². The molecule has 0 aliphatic rings. The van der Waals surface area contributed by atoms with E-state index in [9.17, 15) is 10.1 Å². The van der Waals surface area contributed by atoms with Gasteiger partial charge >= 0.3 is 5.69 Å². The molecule has 0 saturated heterocycles. The van der Waals surface area contributed by atoms with Gasteiger partial charge in [0.2, 0.25) is 0 Å². The molecule has 1 aromatic carbocycles. The second-order valence-corrected chi connectivity index (χ2v) is 4.06. The molecule has 1 unspecified atom stereocenters. The van der Waals surface area contributed by atoms with E-state index >= 15 is 0 Å². The maximum absolute atomic E-state index is 10.9. The minimum absolute atomic E-state index is 0.00262. The summed E-state index contributed by atoms with van der Waals surface area (Å²) in [5.41, 5.74) is 0.272. The van der Waals surface area contributed by atoms with Gasteiger partial charge in [0.15, 0.2) is 0 Å². The summed E-state index contributed by atoms with van der Waals surface area (Å²) >= 11 is 5.80. The number of nitrogens with zero attached hydrogens (tertiary/aromatic N) is 1. The zero-order valence-corrected chi connectivity index (χ0v) is 10.3. The molecule has 0 bridgehead atoms. The van der Waals surface area contributed by atoms with E-state index in [1.807, 2.05) is 6.92 Å². The number of rotatable bonds is 6.